The number of nitrogens with zero attached hydrogens (tertiary/aromatic N) is 2. The summed E-state index contributed by atoms with van der Waals surface area (Å²) in [5.74, 6) is 0.259. The van der Waals surface area contributed by atoms with Crippen LogP contribution in [0.5, 0.6) is 0 Å². The van der Waals surface area contributed by atoms with Crippen molar-refractivity contribution < 1.29 is 4.79 Å². The van der Waals surface area contributed by atoms with Crippen molar-refractivity contribution >= 4 is 23.3 Å². The van der Waals surface area contributed by atoms with Crippen molar-refractivity contribution in [3.8, 4) is 0 Å². The fourth-order valence-corrected chi connectivity index (χ4v) is 3.61. The van der Waals surface area contributed by atoms with Crippen LogP contribution in [0.15, 0.2) is 42.6 Å². The van der Waals surface area contributed by atoms with Crippen molar-refractivity contribution in [1.29, 1.82) is 0 Å². The van der Waals surface area contributed by atoms with Gasteiger partial charge >= 0.3 is 0 Å². The molecule has 1 aromatic heterocycles. The van der Waals surface area contributed by atoms with Crippen molar-refractivity contribution in [3.63, 3.8) is 0 Å². The van der Waals surface area contributed by atoms with Crippen LogP contribution >= 0.6 is 11.6 Å². The van der Waals surface area contributed by atoms with E-state index in [4.69, 9.17) is 17.3 Å². The Bertz CT molecular complexity index is 705. The molecule has 1 unspecified atom stereocenters. The van der Waals surface area contributed by atoms with Gasteiger partial charge in [0.2, 0.25) is 5.91 Å². The number of piperidine rings is 1. The van der Waals surface area contributed by atoms with Crippen LogP contribution in [0.4, 0.5) is 5.82 Å². The lowest BCUT2D eigenvalue weighted by atomic mass is 9.95. The lowest BCUT2D eigenvalue weighted by Crippen LogP contribution is -2.40. The summed E-state index contributed by atoms with van der Waals surface area (Å²) in [6.07, 6.45) is 7.14. The lowest BCUT2D eigenvalue weighted by Gasteiger charge is -2.37. The van der Waals surface area contributed by atoms with Gasteiger partial charge in [0.05, 0.1) is 10.6 Å². The molecule has 0 aliphatic carbocycles. The van der Waals surface area contributed by atoms with Crippen molar-refractivity contribution in [3.05, 3.63) is 58.7 Å². The molecule has 0 radical (unpaired) electrons. The third kappa shape index (κ3) is 3.88. The van der Waals surface area contributed by atoms with Gasteiger partial charge in [0, 0.05) is 18.8 Å². The van der Waals surface area contributed by atoms with Gasteiger partial charge in [-0.25, -0.2) is 4.98 Å². The first kappa shape index (κ1) is 16.8. The number of nitrogens with two attached hydrogens (primary N) is 1. The number of pyridine rings is 1. The fraction of sp³-hybridized carbons (Fsp3) is 0.368. The molecule has 1 aliphatic rings. The van der Waals surface area contributed by atoms with E-state index in [2.05, 4.69) is 34.1 Å². The molecule has 1 fully saturated rings. The van der Waals surface area contributed by atoms with E-state index in [9.17, 15) is 4.79 Å². The number of carbonyl (C=O) groups is 1. The summed E-state index contributed by atoms with van der Waals surface area (Å²) in [5, 5.41) is 0.498. The Kier molecular flexibility index (Phi) is 5.36. The number of amides is 1. The molecule has 1 aromatic carbocycles. The SMILES string of the molecule is NC(=O)c1cnc(N2CCCCC2CCc2ccccc2)c(Cl)c1. The van der Waals surface area contributed by atoms with Gasteiger partial charge in [0.1, 0.15) is 5.82 Å². The molecule has 0 saturated carbocycles. The van der Waals surface area contributed by atoms with Crippen LogP contribution in [0.2, 0.25) is 5.02 Å². The zero-order valence-corrected chi connectivity index (χ0v) is 14.4. The molecule has 2 aromatic rings. The molecule has 2 N–H and O–H groups in total. The van der Waals surface area contributed by atoms with E-state index in [0.717, 1.165) is 38.0 Å². The van der Waals surface area contributed by atoms with E-state index in [-0.39, 0.29) is 0 Å². The highest BCUT2D eigenvalue weighted by Crippen LogP contribution is 2.31. The summed E-state index contributed by atoms with van der Waals surface area (Å²) < 4.78 is 0. The first-order valence-corrected chi connectivity index (χ1v) is 8.79. The maximum atomic E-state index is 11.3. The normalized spacial score (nSPS) is 17.7. The van der Waals surface area contributed by atoms with Crippen LogP contribution < -0.4 is 10.6 Å². The van der Waals surface area contributed by atoms with Gasteiger partial charge < -0.3 is 10.6 Å². The fourth-order valence-electron chi connectivity index (χ4n) is 3.33. The second-order valence-corrected chi connectivity index (χ2v) is 6.67. The largest absolute Gasteiger partial charge is 0.366 e. The number of anilines is 1. The van der Waals surface area contributed by atoms with Crippen LogP contribution in [0, 0.1) is 0 Å². The molecule has 1 amide bonds. The third-order valence-corrected chi connectivity index (χ3v) is 4.89. The predicted octanol–water partition coefficient (Wildman–Crippen LogP) is 3.83. The number of rotatable bonds is 5. The first-order valence-electron chi connectivity index (χ1n) is 8.41. The number of hydrogen-bond donors (Lipinski definition) is 1. The number of primary amides is 1. The smallest absolute Gasteiger partial charge is 0.250 e. The Hall–Kier alpha value is -2.07. The summed E-state index contributed by atoms with van der Waals surface area (Å²) >= 11 is 6.38. The van der Waals surface area contributed by atoms with Crippen molar-refractivity contribution in [1.82, 2.24) is 4.98 Å². The van der Waals surface area contributed by atoms with Gasteiger partial charge in [-0.15, -0.1) is 0 Å². The summed E-state index contributed by atoms with van der Waals surface area (Å²) in [6.45, 7) is 0.947. The number of carbonyl (C=O) groups excluding carboxylic acids is 1. The standard InChI is InChI=1S/C19H22ClN3O/c20-17-12-15(18(21)24)13-22-19(17)23-11-5-4-8-16(23)10-9-14-6-2-1-3-7-14/h1-3,6-7,12-13,16H,4-5,8-11H2,(H2,21,24). The van der Waals surface area contributed by atoms with Crippen LogP contribution in [0.25, 0.3) is 0 Å². The predicted molar refractivity (Wildman–Crippen MR) is 97.5 cm³/mol. The zero-order valence-electron chi connectivity index (χ0n) is 13.6. The van der Waals surface area contributed by atoms with Gasteiger partial charge in [-0.05, 0) is 43.7 Å². The van der Waals surface area contributed by atoms with Crippen LogP contribution in [-0.4, -0.2) is 23.5 Å². The number of aromatic nitrogens is 1. The summed E-state index contributed by atoms with van der Waals surface area (Å²) in [4.78, 5) is 18.0. The maximum absolute atomic E-state index is 11.3. The summed E-state index contributed by atoms with van der Waals surface area (Å²) in [7, 11) is 0. The quantitative estimate of drug-likeness (QED) is 0.897. The molecular formula is C19H22ClN3O. The highest BCUT2D eigenvalue weighted by atomic mass is 35.5. The van der Waals surface area contributed by atoms with Gasteiger partial charge in [-0.3, -0.25) is 4.79 Å². The molecular weight excluding hydrogens is 322 g/mol. The highest BCUT2D eigenvalue weighted by Gasteiger charge is 2.25. The van der Waals surface area contributed by atoms with E-state index < -0.39 is 5.91 Å². The minimum Gasteiger partial charge on any atom is -0.366 e. The van der Waals surface area contributed by atoms with Gasteiger partial charge in [-0.2, -0.15) is 0 Å². The summed E-state index contributed by atoms with van der Waals surface area (Å²) in [6, 6.07) is 12.6. The Morgan fingerprint density at radius 3 is 2.79 bits per heavy atom. The molecule has 0 bridgehead atoms. The first-order chi connectivity index (χ1) is 11.6. The summed E-state index contributed by atoms with van der Waals surface area (Å²) in [5.41, 5.74) is 7.00. The number of benzene rings is 1. The molecule has 5 heteroatoms. The van der Waals surface area contributed by atoms with Crippen LogP contribution in [0.3, 0.4) is 0 Å². The van der Waals surface area contributed by atoms with E-state index in [1.54, 1.807) is 6.07 Å². The molecule has 126 valence electrons. The third-order valence-electron chi connectivity index (χ3n) is 4.61. The molecule has 1 saturated heterocycles. The Morgan fingerprint density at radius 2 is 2.08 bits per heavy atom. The monoisotopic (exact) mass is 343 g/mol. The van der Waals surface area contributed by atoms with Crippen molar-refractivity contribution in [2.45, 2.75) is 38.1 Å². The van der Waals surface area contributed by atoms with Gasteiger partial charge in [-0.1, -0.05) is 41.9 Å². The molecule has 4 nitrogen and oxygen atoms in total. The van der Waals surface area contributed by atoms with Crippen molar-refractivity contribution in [2.75, 3.05) is 11.4 Å². The van der Waals surface area contributed by atoms with E-state index >= 15 is 0 Å². The van der Waals surface area contributed by atoms with Crippen molar-refractivity contribution in [2.24, 2.45) is 5.73 Å². The topological polar surface area (TPSA) is 59.2 Å². The zero-order chi connectivity index (χ0) is 16.9. The minimum atomic E-state index is -0.504. The maximum Gasteiger partial charge on any atom is 0.250 e. The second-order valence-electron chi connectivity index (χ2n) is 6.26. The highest BCUT2D eigenvalue weighted by molar-refractivity contribution is 6.33. The molecule has 24 heavy (non-hydrogen) atoms. The molecule has 1 aliphatic heterocycles. The second kappa shape index (κ2) is 7.67. The number of hydrogen-bond acceptors (Lipinski definition) is 3. The van der Waals surface area contributed by atoms with Gasteiger partial charge in [0.15, 0.2) is 0 Å². The van der Waals surface area contributed by atoms with Gasteiger partial charge in [0.25, 0.3) is 0 Å². The molecule has 2 heterocycles. The Balaban J connectivity index is 1.75. The lowest BCUT2D eigenvalue weighted by molar-refractivity contribution is 0.1000. The van der Waals surface area contributed by atoms with E-state index in [1.165, 1.54) is 18.2 Å². The Morgan fingerprint density at radius 1 is 1.29 bits per heavy atom. The number of aryl methyl sites for hydroxylation is 1. The molecule has 0 spiro atoms. The number of halogens is 1. The minimum absolute atomic E-state index is 0.349. The average Bonchev–Trinajstić information content (AvgIpc) is 2.61. The van der Waals surface area contributed by atoms with E-state index in [1.807, 2.05) is 6.07 Å². The molecule has 3 rings (SSSR count). The van der Waals surface area contributed by atoms with E-state index in [0.29, 0.717) is 16.6 Å². The Labute approximate surface area is 147 Å². The molecule has 1 atom stereocenters. The van der Waals surface area contributed by atoms with Crippen LogP contribution in [0.1, 0.15) is 41.6 Å². The average molecular weight is 344 g/mol. The van der Waals surface area contributed by atoms with Crippen LogP contribution in [-0.2, 0) is 6.42 Å².